The van der Waals surface area contributed by atoms with Gasteiger partial charge in [-0.1, -0.05) is 18.2 Å². The van der Waals surface area contributed by atoms with Crippen LogP contribution in [-0.4, -0.2) is 62.3 Å². The quantitative estimate of drug-likeness (QED) is 0.836. The highest BCUT2D eigenvalue weighted by Gasteiger charge is 2.20. The van der Waals surface area contributed by atoms with Gasteiger partial charge in [0.2, 0.25) is 0 Å². The number of urea groups is 1. The van der Waals surface area contributed by atoms with E-state index in [1.54, 1.807) is 7.11 Å². The summed E-state index contributed by atoms with van der Waals surface area (Å²) in [5.41, 5.74) is 0.847. The van der Waals surface area contributed by atoms with Gasteiger partial charge in [-0.15, -0.1) is 0 Å². The standard InChI is InChI=1S/C15H23N3O2/c1-20-13-5-8-17-9-11-18(12-10-17)15(19)16-14-6-3-2-4-7-14/h2-4,6-7H,5,8-13H2,1H3,(H,16,19). The lowest BCUT2D eigenvalue weighted by Gasteiger charge is -2.34. The maximum Gasteiger partial charge on any atom is 0.321 e. The Morgan fingerprint density at radius 3 is 2.55 bits per heavy atom. The smallest absolute Gasteiger partial charge is 0.321 e. The Morgan fingerprint density at radius 2 is 1.90 bits per heavy atom. The first-order chi connectivity index (χ1) is 9.79. The minimum atomic E-state index is -0.00672. The molecule has 0 radical (unpaired) electrons. The van der Waals surface area contributed by atoms with Gasteiger partial charge in [-0.3, -0.25) is 4.90 Å². The van der Waals surface area contributed by atoms with Crippen LogP contribution in [0.4, 0.5) is 10.5 Å². The average Bonchev–Trinajstić information content (AvgIpc) is 2.49. The lowest BCUT2D eigenvalue weighted by atomic mass is 10.3. The third kappa shape index (κ3) is 4.51. The molecule has 0 aromatic heterocycles. The van der Waals surface area contributed by atoms with Gasteiger partial charge in [0.05, 0.1) is 0 Å². The van der Waals surface area contributed by atoms with Crippen molar-refractivity contribution in [3.05, 3.63) is 30.3 Å². The van der Waals surface area contributed by atoms with E-state index in [1.165, 1.54) is 0 Å². The second-order valence-electron chi connectivity index (χ2n) is 4.97. The summed E-state index contributed by atoms with van der Waals surface area (Å²) in [5, 5.41) is 2.93. The molecular formula is C15H23N3O2. The zero-order valence-electron chi connectivity index (χ0n) is 12.0. The lowest BCUT2D eigenvalue weighted by molar-refractivity contribution is 0.130. The van der Waals surface area contributed by atoms with Gasteiger partial charge in [-0.2, -0.15) is 0 Å². The molecular weight excluding hydrogens is 254 g/mol. The number of methoxy groups -OCH3 is 1. The van der Waals surface area contributed by atoms with Crippen LogP contribution >= 0.6 is 0 Å². The Kier molecular flexibility index (Phi) is 5.83. The Balaban J connectivity index is 1.72. The van der Waals surface area contributed by atoms with E-state index in [-0.39, 0.29) is 6.03 Å². The monoisotopic (exact) mass is 277 g/mol. The van der Waals surface area contributed by atoms with Crippen LogP contribution in [0.15, 0.2) is 30.3 Å². The maximum absolute atomic E-state index is 12.1. The molecule has 2 amide bonds. The van der Waals surface area contributed by atoms with Crippen molar-refractivity contribution in [2.45, 2.75) is 6.42 Å². The fourth-order valence-electron chi connectivity index (χ4n) is 2.33. The fraction of sp³-hybridized carbons (Fsp3) is 0.533. The molecule has 1 aromatic rings. The number of carbonyl (C=O) groups is 1. The summed E-state index contributed by atoms with van der Waals surface area (Å²) in [4.78, 5) is 16.4. The Labute approximate surface area is 120 Å². The molecule has 1 fully saturated rings. The highest BCUT2D eigenvalue weighted by Crippen LogP contribution is 2.09. The SMILES string of the molecule is COCCCN1CCN(C(=O)Nc2ccccc2)CC1. The number of ether oxygens (including phenoxy) is 1. The number of benzene rings is 1. The number of hydrogen-bond acceptors (Lipinski definition) is 3. The van der Waals surface area contributed by atoms with Gasteiger partial charge in [-0.25, -0.2) is 4.79 Å². The molecule has 110 valence electrons. The van der Waals surface area contributed by atoms with Crippen molar-refractivity contribution in [2.24, 2.45) is 0 Å². The highest BCUT2D eigenvalue weighted by atomic mass is 16.5. The summed E-state index contributed by atoms with van der Waals surface area (Å²) >= 11 is 0. The molecule has 20 heavy (non-hydrogen) atoms. The molecule has 0 atom stereocenters. The number of piperazine rings is 1. The zero-order chi connectivity index (χ0) is 14.2. The highest BCUT2D eigenvalue weighted by molar-refractivity contribution is 5.89. The van der Waals surface area contributed by atoms with Crippen LogP contribution in [0.5, 0.6) is 0 Å². The van der Waals surface area contributed by atoms with E-state index in [2.05, 4.69) is 10.2 Å². The lowest BCUT2D eigenvalue weighted by Crippen LogP contribution is -2.50. The molecule has 0 unspecified atom stereocenters. The van der Waals surface area contributed by atoms with Crippen molar-refractivity contribution in [3.8, 4) is 0 Å². The summed E-state index contributed by atoms with van der Waals surface area (Å²) in [6.45, 7) is 5.28. The molecule has 5 nitrogen and oxygen atoms in total. The topological polar surface area (TPSA) is 44.8 Å². The summed E-state index contributed by atoms with van der Waals surface area (Å²) in [6, 6.07) is 9.58. The van der Waals surface area contributed by atoms with E-state index in [0.717, 1.165) is 51.4 Å². The first-order valence-electron chi connectivity index (χ1n) is 7.12. The molecule has 0 spiro atoms. The number of nitrogens with zero attached hydrogens (tertiary/aromatic N) is 2. The number of nitrogens with one attached hydrogen (secondary N) is 1. The van der Waals surface area contributed by atoms with Crippen LogP contribution in [0.2, 0.25) is 0 Å². The first-order valence-corrected chi connectivity index (χ1v) is 7.12. The van der Waals surface area contributed by atoms with Crippen molar-refractivity contribution in [1.29, 1.82) is 0 Å². The van der Waals surface area contributed by atoms with Crippen LogP contribution in [0, 0.1) is 0 Å². The molecule has 1 aromatic carbocycles. The molecule has 1 saturated heterocycles. The zero-order valence-corrected chi connectivity index (χ0v) is 12.0. The van der Waals surface area contributed by atoms with Crippen LogP contribution in [0.25, 0.3) is 0 Å². The molecule has 0 bridgehead atoms. The minimum absolute atomic E-state index is 0.00672. The van der Waals surface area contributed by atoms with Crippen LogP contribution in [-0.2, 0) is 4.74 Å². The van der Waals surface area contributed by atoms with Gasteiger partial charge in [0.25, 0.3) is 0 Å². The second kappa shape index (κ2) is 7.87. The van der Waals surface area contributed by atoms with Gasteiger partial charge in [0.1, 0.15) is 0 Å². The summed E-state index contributed by atoms with van der Waals surface area (Å²) < 4.78 is 5.06. The molecule has 1 N–H and O–H groups in total. The van der Waals surface area contributed by atoms with Gasteiger partial charge < -0.3 is 15.0 Å². The van der Waals surface area contributed by atoms with Crippen LogP contribution < -0.4 is 5.32 Å². The Morgan fingerprint density at radius 1 is 1.20 bits per heavy atom. The molecule has 5 heteroatoms. The third-order valence-electron chi connectivity index (χ3n) is 3.51. The average molecular weight is 277 g/mol. The molecule has 1 heterocycles. The predicted molar refractivity (Wildman–Crippen MR) is 80.0 cm³/mol. The van der Waals surface area contributed by atoms with Gasteiger partial charge in [-0.05, 0) is 18.6 Å². The van der Waals surface area contributed by atoms with Crippen LogP contribution in [0.1, 0.15) is 6.42 Å². The van der Waals surface area contributed by atoms with Crippen molar-refractivity contribution in [2.75, 3.05) is 51.8 Å². The summed E-state index contributed by atoms with van der Waals surface area (Å²) in [5.74, 6) is 0. The van der Waals surface area contributed by atoms with E-state index in [9.17, 15) is 4.79 Å². The largest absolute Gasteiger partial charge is 0.385 e. The Bertz CT molecular complexity index is 403. The minimum Gasteiger partial charge on any atom is -0.385 e. The van der Waals surface area contributed by atoms with Gasteiger partial charge in [0, 0.05) is 52.1 Å². The van der Waals surface area contributed by atoms with E-state index in [4.69, 9.17) is 4.74 Å². The number of anilines is 1. The van der Waals surface area contributed by atoms with E-state index >= 15 is 0 Å². The Hall–Kier alpha value is -1.59. The van der Waals surface area contributed by atoms with Crippen LogP contribution in [0.3, 0.4) is 0 Å². The predicted octanol–water partition coefficient (Wildman–Crippen LogP) is 1.87. The number of amides is 2. The van der Waals surface area contributed by atoms with Crippen molar-refractivity contribution in [3.63, 3.8) is 0 Å². The van der Waals surface area contributed by atoms with E-state index in [0.29, 0.717) is 0 Å². The van der Waals surface area contributed by atoms with Gasteiger partial charge >= 0.3 is 6.03 Å². The summed E-state index contributed by atoms with van der Waals surface area (Å²) in [6.07, 6.45) is 1.05. The van der Waals surface area contributed by atoms with Crippen molar-refractivity contribution in [1.82, 2.24) is 9.80 Å². The first kappa shape index (κ1) is 14.8. The third-order valence-corrected chi connectivity index (χ3v) is 3.51. The van der Waals surface area contributed by atoms with E-state index in [1.807, 2.05) is 35.2 Å². The molecule has 1 aliphatic rings. The van der Waals surface area contributed by atoms with Gasteiger partial charge in [0.15, 0.2) is 0 Å². The number of rotatable bonds is 5. The summed E-state index contributed by atoms with van der Waals surface area (Å²) in [7, 11) is 1.73. The van der Waals surface area contributed by atoms with Crippen molar-refractivity contribution < 1.29 is 9.53 Å². The molecule has 0 saturated carbocycles. The number of carbonyl (C=O) groups excluding carboxylic acids is 1. The molecule has 1 aliphatic heterocycles. The molecule has 0 aliphatic carbocycles. The van der Waals surface area contributed by atoms with E-state index < -0.39 is 0 Å². The number of para-hydroxylation sites is 1. The normalized spacial score (nSPS) is 16.1. The molecule has 2 rings (SSSR count). The fourth-order valence-corrected chi connectivity index (χ4v) is 2.33. The maximum atomic E-state index is 12.1. The van der Waals surface area contributed by atoms with Crippen molar-refractivity contribution >= 4 is 11.7 Å². The second-order valence-corrected chi connectivity index (χ2v) is 4.97. The number of hydrogen-bond donors (Lipinski definition) is 1.